The van der Waals surface area contributed by atoms with Crippen molar-refractivity contribution >= 4 is 11.4 Å². The fourth-order valence-corrected chi connectivity index (χ4v) is 1.22. The van der Waals surface area contributed by atoms with Gasteiger partial charge in [-0.05, 0) is 12.1 Å². The maximum atomic E-state index is 12.3. The highest BCUT2D eigenvalue weighted by Gasteiger charge is 2.26. The lowest BCUT2D eigenvalue weighted by atomic mass is 10.2. The van der Waals surface area contributed by atoms with E-state index in [0.717, 1.165) is 12.1 Å². The Labute approximate surface area is 94.6 Å². The average molecular weight is 254 g/mol. The largest absolute Gasteiger partial charge is 0.397 e. The number of anilines is 2. The van der Waals surface area contributed by atoms with Gasteiger partial charge in [0.15, 0.2) is 0 Å². The first-order valence-electron chi connectivity index (χ1n) is 4.78. The van der Waals surface area contributed by atoms with E-state index < -0.39 is 19.0 Å². The molecule has 0 atom stereocenters. The van der Waals surface area contributed by atoms with Gasteiger partial charge in [0.1, 0.15) is 0 Å². The summed E-state index contributed by atoms with van der Waals surface area (Å²) in [4.78, 5) is 0. The van der Waals surface area contributed by atoms with Crippen LogP contribution in [0.5, 0.6) is 0 Å². The summed E-state index contributed by atoms with van der Waals surface area (Å²) in [6.07, 6.45) is -7.92. The van der Waals surface area contributed by atoms with Crippen LogP contribution in [0.2, 0.25) is 0 Å². The van der Waals surface area contributed by atoms with Crippen LogP contribution in [0.1, 0.15) is 18.4 Å². The molecule has 0 saturated carbocycles. The zero-order chi connectivity index (χ0) is 13.1. The summed E-state index contributed by atoms with van der Waals surface area (Å²) in [5.74, 6) is 0. The lowest BCUT2D eigenvalue weighted by Crippen LogP contribution is -2.15. The van der Waals surface area contributed by atoms with Crippen LogP contribution in [0, 0.1) is 0 Å². The average Bonchev–Trinajstić information content (AvgIpc) is 2.18. The molecule has 0 unspecified atom stereocenters. The fourth-order valence-electron chi connectivity index (χ4n) is 1.22. The molecule has 0 radical (unpaired) electrons. The lowest BCUT2D eigenvalue weighted by Gasteiger charge is -2.12. The minimum absolute atomic E-state index is 0.00461. The number of halogens is 5. The molecule has 0 fully saturated rings. The van der Waals surface area contributed by atoms with E-state index in [1.807, 2.05) is 0 Å². The van der Waals surface area contributed by atoms with Crippen molar-refractivity contribution in [1.82, 2.24) is 0 Å². The molecular formula is C10H11F5N2. The van der Waals surface area contributed by atoms with Gasteiger partial charge in [0.25, 0.3) is 6.43 Å². The van der Waals surface area contributed by atoms with Crippen molar-refractivity contribution in [3.05, 3.63) is 23.8 Å². The van der Waals surface area contributed by atoms with Crippen molar-refractivity contribution in [2.75, 3.05) is 17.6 Å². The maximum Gasteiger partial charge on any atom is 0.390 e. The second-order valence-corrected chi connectivity index (χ2v) is 3.44. The number of hydrogen-bond acceptors (Lipinski definition) is 2. The van der Waals surface area contributed by atoms with Gasteiger partial charge in [-0.2, -0.15) is 13.2 Å². The predicted octanol–water partition coefficient (Wildman–Crippen LogP) is 3.57. The molecule has 0 saturated heterocycles. The number of nitrogen functional groups attached to an aromatic ring is 1. The third-order valence-electron chi connectivity index (χ3n) is 2.05. The summed E-state index contributed by atoms with van der Waals surface area (Å²) in [5, 5.41) is 2.45. The molecule has 17 heavy (non-hydrogen) atoms. The van der Waals surface area contributed by atoms with Crippen molar-refractivity contribution in [3.8, 4) is 0 Å². The molecule has 1 rings (SSSR count). The second kappa shape index (κ2) is 5.20. The van der Waals surface area contributed by atoms with Gasteiger partial charge in [-0.1, -0.05) is 6.07 Å². The monoisotopic (exact) mass is 254 g/mol. The van der Waals surface area contributed by atoms with Crippen molar-refractivity contribution in [2.24, 2.45) is 0 Å². The number of alkyl halides is 5. The van der Waals surface area contributed by atoms with Crippen molar-refractivity contribution in [1.29, 1.82) is 0 Å². The molecule has 0 heterocycles. The Kier molecular flexibility index (Phi) is 4.14. The number of rotatable bonds is 4. The third-order valence-corrected chi connectivity index (χ3v) is 2.05. The first-order chi connectivity index (χ1) is 7.79. The Morgan fingerprint density at radius 2 is 1.88 bits per heavy atom. The van der Waals surface area contributed by atoms with Crippen molar-refractivity contribution in [2.45, 2.75) is 19.0 Å². The highest BCUT2D eigenvalue weighted by Crippen LogP contribution is 2.27. The molecule has 3 N–H and O–H groups in total. The molecule has 0 aliphatic carbocycles. The smallest absolute Gasteiger partial charge is 0.390 e. The molecule has 96 valence electrons. The Morgan fingerprint density at radius 3 is 2.35 bits per heavy atom. The fraction of sp³-hybridized carbons (Fsp3) is 0.400. The molecule has 0 aliphatic rings. The van der Waals surface area contributed by atoms with Crippen molar-refractivity contribution in [3.63, 3.8) is 0 Å². The van der Waals surface area contributed by atoms with Gasteiger partial charge in [-0.15, -0.1) is 0 Å². The van der Waals surface area contributed by atoms with E-state index in [0.29, 0.717) is 0 Å². The number of hydrogen-bond donors (Lipinski definition) is 2. The van der Waals surface area contributed by atoms with Gasteiger partial charge in [0.2, 0.25) is 0 Å². The molecule has 0 aliphatic heterocycles. The standard InChI is InChI=1S/C10H11F5N2/c11-9(12)6-1-2-8(7(16)5-6)17-4-3-10(13,14)15/h1-2,5,9,17H,3-4,16H2. The molecule has 7 heteroatoms. The van der Waals surface area contributed by atoms with Crippen LogP contribution in [0.3, 0.4) is 0 Å². The van der Waals surface area contributed by atoms with Crippen LogP contribution in [-0.2, 0) is 0 Å². The summed E-state index contributed by atoms with van der Waals surface area (Å²) in [6.45, 7) is -0.346. The molecule has 0 aromatic heterocycles. The van der Waals surface area contributed by atoms with Gasteiger partial charge in [-0.25, -0.2) is 8.78 Å². The summed E-state index contributed by atoms with van der Waals surface area (Å²) in [6, 6.07) is 3.41. The summed E-state index contributed by atoms with van der Waals surface area (Å²) >= 11 is 0. The van der Waals surface area contributed by atoms with E-state index in [4.69, 9.17) is 5.73 Å². The third kappa shape index (κ3) is 4.46. The summed E-state index contributed by atoms with van der Waals surface area (Å²) < 4.78 is 60.1. The van der Waals surface area contributed by atoms with E-state index in [2.05, 4.69) is 5.32 Å². The molecule has 1 aromatic carbocycles. The highest BCUT2D eigenvalue weighted by molar-refractivity contribution is 5.67. The Balaban J connectivity index is 2.61. The zero-order valence-electron chi connectivity index (χ0n) is 8.69. The van der Waals surface area contributed by atoms with E-state index in [1.165, 1.54) is 6.07 Å². The number of nitrogens with one attached hydrogen (secondary N) is 1. The van der Waals surface area contributed by atoms with Crippen LogP contribution in [0.15, 0.2) is 18.2 Å². The molecule has 2 nitrogen and oxygen atoms in total. The Bertz CT molecular complexity index is 375. The van der Waals surface area contributed by atoms with E-state index in [-0.39, 0.29) is 23.5 Å². The Morgan fingerprint density at radius 1 is 1.24 bits per heavy atom. The minimum atomic E-state index is -4.26. The van der Waals surface area contributed by atoms with Crippen molar-refractivity contribution < 1.29 is 22.0 Å². The SMILES string of the molecule is Nc1cc(C(F)F)ccc1NCCC(F)(F)F. The molecule has 0 spiro atoms. The zero-order valence-corrected chi connectivity index (χ0v) is 8.69. The van der Waals surface area contributed by atoms with E-state index in [9.17, 15) is 22.0 Å². The van der Waals surface area contributed by atoms with Crippen LogP contribution >= 0.6 is 0 Å². The Hall–Kier alpha value is -1.53. The van der Waals surface area contributed by atoms with E-state index in [1.54, 1.807) is 0 Å². The van der Waals surface area contributed by atoms with Crippen LogP contribution in [-0.4, -0.2) is 12.7 Å². The maximum absolute atomic E-state index is 12.3. The van der Waals surface area contributed by atoms with Gasteiger partial charge < -0.3 is 11.1 Å². The normalized spacial score (nSPS) is 11.9. The van der Waals surface area contributed by atoms with Gasteiger partial charge in [-0.3, -0.25) is 0 Å². The minimum Gasteiger partial charge on any atom is -0.397 e. The molecule has 0 amide bonds. The topological polar surface area (TPSA) is 38.0 Å². The van der Waals surface area contributed by atoms with E-state index >= 15 is 0 Å². The van der Waals surface area contributed by atoms with Gasteiger partial charge >= 0.3 is 6.18 Å². The van der Waals surface area contributed by atoms with Crippen LogP contribution in [0.4, 0.5) is 33.3 Å². The molecular weight excluding hydrogens is 243 g/mol. The molecule has 0 bridgehead atoms. The molecule has 1 aromatic rings. The lowest BCUT2D eigenvalue weighted by molar-refractivity contribution is -0.131. The second-order valence-electron chi connectivity index (χ2n) is 3.44. The highest BCUT2D eigenvalue weighted by atomic mass is 19.4. The van der Waals surface area contributed by atoms with Gasteiger partial charge in [0.05, 0.1) is 17.8 Å². The number of nitrogens with two attached hydrogens (primary N) is 1. The van der Waals surface area contributed by atoms with Crippen LogP contribution < -0.4 is 11.1 Å². The predicted molar refractivity (Wildman–Crippen MR) is 55.0 cm³/mol. The number of benzene rings is 1. The first kappa shape index (κ1) is 13.5. The summed E-state index contributed by atoms with van der Waals surface area (Å²) in [5.41, 5.74) is 5.40. The van der Waals surface area contributed by atoms with Gasteiger partial charge in [0, 0.05) is 12.1 Å². The summed E-state index contributed by atoms with van der Waals surface area (Å²) in [7, 11) is 0. The van der Waals surface area contributed by atoms with Crippen LogP contribution in [0.25, 0.3) is 0 Å². The quantitative estimate of drug-likeness (QED) is 0.636. The first-order valence-corrected chi connectivity index (χ1v) is 4.78.